The third-order valence-electron chi connectivity index (χ3n) is 3.07. The highest BCUT2D eigenvalue weighted by atomic mass is 79.9. The molecule has 1 amide bonds. The quantitative estimate of drug-likeness (QED) is 0.874. The maximum atomic E-state index is 12.0. The second kappa shape index (κ2) is 5.90. The van der Waals surface area contributed by atoms with Crippen LogP contribution in [0.4, 0.5) is 0 Å². The number of hydrogen-bond acceptors (Lipinski definition) is 4. The Labute approximate surface area is 120 Å². The third kappa shape index (κ3) is 3.46. The van der Waals surface area contributed by atoms with E-state index in [2.05, 4.69) is 21.2 Å². The SMILES string of the molecule is COc1ccc(C(=O)NCC2(O)CCOC2)cc1Br. The van der Waals surface area contributed by atoms with Crippen LogP contribution in [0.1, 0.15) is 16.8 Å². The molecule has 1 aromatic carbocycles. The molecule has 1 saturated heterocycles. The van der Waals surface area contributed by atoms with Crippen molar-refractivity contribution in [2.24, 2.45) is 0 Å². The van der Waals surface area contributed by atoms with E-state index in [4.69, 9.17) is 9.47 Å². The molecular formula is C13H16BrNO4. The number of amides is 1. The Balaban J connectivity index is 1.98. The average molecular weight is 330 g/mol. The number of hydrogen-bond donors (Lipinski definition) is 2. The van der Waals surface area contributed by atoms with Crippen molar-refractivity contribution in [3.05, 3.63) is 28.2 Å². The predicted octanol–water partition coefficient (Wildman–Crippen LogP) is 1.34. The van der Waals surface area contributed by atoms with Gasteiger partial charge in [0.25, 0.3) is 5.91 Å². The highest BCUT2D eigenvalue weighted by Crippen LogP contribution is 2.25. The van der Waals surface area contributed by atoms with Gasteiger partial charge in [0.2, 0.25) is 0 Å². The number of rotatable bonds is 4. The third-order valence-corrected chi connectivity index (χ3v) is 3.69. The largest absolute Gasteiger partial charge is 0.496 e. The minimum atomic E-state index is -0.945. The number of halogens is 1. The van der Waals surface area contributed by atoms with E-state index in [0.29, 0.717) is 28.8 Å². The van der Waals surface area contributed by atoms with Gasteiger partial charge in [0.1, 0.15) is 11.4 Å². The van der Waals surface area contributed by atoms with E-state index >= 15 is 0 Å². The molecule has 1 unspecified atom stereocenters. The molecule has 19 heavy (non-hydrogen) atoms. The topological polar surface area (TPSA) is 67.8 Å². The molecule has 0 radical (unpaired) electrons. The van der Waals surface area contributed by atoms with Crippen molar-refractivity contribution in [2.75, 3.05) is 26.9 Å². The van der Waals surface area contributed by atoms with Gasteiger partial charge in [-0.15, -0.1) is 0 Å². The van der Waals surface area contributed by atoms with Gasteiger partial charge in [0.15, 0.2) is 0 Å². The maximum Gasteiger partial charge on any atom is 0.251 e. The van der Waals surface area contributed by atoms with E-state index in [9.17, 15) is 9.90 Å². The minimum Gasteiger partial charge on any atom is -0.496 e. The van der Waals surface area contributed by atoms with Crippen LogP contribution in [0.2, 0.25) is 0 Å². The summed E-state index contributed by atoms with van der Waals surface area (Å²) < 4.78 is 10.9. The van der Waals surface area contributed by atoms with Crippen LogP contribution in [-0.4, -0.2) is 43.5 Å². The molecular weight excluding hydrogens is 314 g/mol. The van der Waals surface area contributed by atoms with Gasteiger partial charge in [-0.3, -0.25) is 4.79 Å². The van der Waals surface area contributed by atoms with Crippen molar-refractivity contribution >= 4 is 21.8 Å². The zero-order valence-corrected chi connectivity index (χ0v) is 12.2. The van der Waals surface area contributed by atoms with Crippen LogP contribution in [0, 0.1) is 0 Å². The highest BCUT2D eigenvalue weighted by Gasteiger charge is 2.32. The van der Waals surface area contributed by atoms with Gasteiger partial charge in [-0.25, -0.2) is 0 Å². The van der Waals surface area contributed by atoms with Gasteiger partial charge < -0.3 is 19.9 Å². The van der Waals surface area contributed by atoms with E-state index in [1.54, 1.807) is 25.3 Å². The second-order valence-corrected chi connectivity index (χ2v) is 5.41. The molecule has 1 aromatic rings. The van der Waals surface area contributed by atoms with Gasteiger partial charge in [-0.2, -0.15) is 0 Å². The van der Waals surface area contributed by atoms with E-state index in [-0.39, 0.29) is 19.1 Å². The number of methoxy groups -OCH3 is 1. The zero-order valence-electron chi connectivity index (χ0n) is 10.6. The number of carbonyl (C=O) groups is 1. The van der Waals surface area contributed by atoms with Gasteiger partial charge in [-0.1, -0.05) is 0 Å². The summed E-state index contributed by atoms with van der Waals surface area (Å²) in [4.78, 5) is 12.0. The number of ether oxygens (including phenoxy) is 2. The lowest BCUT2D eigenvalue weighted by molar-refractivity contribution is 0.0264. The summed E-state index contributed by atoms with van der Waals surface area (Å²) >= 11 is 3.33. The molecule has 104 valence electrons. The Bertz CT molecular complexity index is 472. The summed E-state index contributed by atoms with van der Waals surface area (Å²) in [5, 5.41) is 12.8. The van der Waals surface area contributed by atoms with Gasteiger partial charge in [0, 0.05) is 25.1 Å². The summed E-state index contributed by atoms with van der Waals surface area (Å²) in [6.07, 6.45) is 0.541. The standard InChI is InChI=1S/C13H16BrNO4/c1-18-11-3-2-9(6-10(11)14)12(16)15-7-13(17)4-5-19-8-13/h2-3,6,17H,4-5,7-8H2,1H3,(H,15,16). The normalized spacial score (nSPS) is 22.3. The van der Waals surface area contributed by atoms with Crippen molar-refractivity contribution in [1.82, 2.24) is 5.32 Å². The van der Waals surface area contributed by atoms with E-state index in [1.165, 1.54) is 0 Å². The van der Waals surface area contributed by atoms with Crippen LogP contribution in [-0.2, 0) is 4.74 Å². The summed E-state index contributed by atoms with van der Waals surface area (Å²) in [6, 6.07) is 5.07. The van der Waals surface area contributed by atoms with Crippen LogP contribution in [0.5, 0.6) is 5.75 Å². The number of benzene rings is 1. The average Bonchev–Trinajstić information content (AvgIpc) is 2.83. The first-order valence-corrected chi connectivity index (χ1v) is 6.75. The summed E-state index contributed by atoms with van der Waals surface area (Å²) in [6.45, 7) is 0.982. The molecule has 2 rings (SSSR count). The molecule has 1 aliphatic rings. The van der Waals surface area contributed by atoms with Gasteiger partial charge >= 0.3 is 0 Å². The summed E-state index contributed by atoms with van der Waals surface area (Å²) in [5.74, 6) is 0.433. The smallest absolute Gasteiger partial charge is 0.251 e. The van der Waals surface area contributed by atoms with Crippen LogP contribution in [0.3, 0.4) is 0 Å². The Morgan fingerprint density at radius 2 is 2.42 bits per heavy atom. The molecule has 1 fully saturated rings. The Hall–Kier alpha value is -1.11. The highest BCUT2D eigenvalue weighted by molar-refractivity contribution is 9.10. The molecule has 1 atom stereocenters. The number of carbonyl (C=O) groups excluding carboxylic acids is 1. The fourth-order valence-electron chi connectivity index (χ4n) is 1.89. The Morgan fingerprint density at radius 1 is 1.63 bits per heavy atom. The summed E-state index contributed by atoms with van der Waals surface area (Å²) in [5.41, 5.74) is -0.436. The van der Waals surface area contributed by atoms with Crippen molar-refractivity contribution in [2.45, 2.75) is 12.0 Å². The van der Waals surface area contributed by atoms with Crippen molar-refractivity contribution in [1.29, 1.82) is 0 Å². The Morgan fingerprint density at radius 3 is 3.00 bits per heavy atom. The first-order chi connectivity index (χ1) is 9.04. The van der Waals surface area contributed by atoms with Crippen LogP contribution < -0.4 is 10.1 Å². The molecule has 0 aliphatic carbocycles. The fourth-order valence-corrected chi connectivity index (χ4v) is 2.43. The molecule has 1 aliphatic heterocycles. The molecule has 1 heterocycles. The van der Waals surface area contributed by atoms with E-state index < -0.39 is 5.60 Å². The molecule has 0 aromatic heterocycles. The lowest BCUT2D eigenvalue weighted by atomic mass is 10.0. The molecule has 5 nitrogen and oxygen atoms in total. The van der Waals surface area contributed by atoms with Gasteiger partial charge in [-0.05, 0) is 34.1 Å². The van der Waals surface area contributed by atoms with Crippen molar-refractivity contribution < 1.29 is 19.4 Å². The van der Waals surface area contributed by atoms with Crippen molar-refractivity contribution in [3.8, 4) is 5.75 Å². The lowest BCUT2D eigenvalue weighted by Crippen LogP contribution is -2.43. The van der Waals surface area contributed by atoms with Crippen LogP contribution in [0.15, 0.2) is 22.7 Å². The minimum absolute atomic E-state index is 0.190. The molecule has 2 N–H and O–H groups in total. The first kappa shape index (κ1) is 14.3. The molecule has 0 bridgehead atoms. The van der Waals surface area contributed by atoms with Crippen LogP contribution >= 0.6 is 15.9 Å². The Kier molecular flexibility index (Phi) is 4.44. The van der Waals surface area contributed by atoms with Gasteiger partial charge in [0.05, 0.1) is 18.2 Å². The molecule has 0 saturated carbocycles. The monoisotopic (exact) mass is 329 g/mol. The molecule has 0 spiro atoms. The van der Waals surface area contributed by atoms with E-state index in [0.717, 1.165) is 0 Å². The fraction of sp³-hybridized carbons (Fsp3) is 0.462. The summed E-state index contributed by atoms with van der Waals surface area (Å²) in [7, 11) is 1.56. The lowest BCUT2D eigenvalue weighted by Gasteiger charge is -2.20. The van der Waals surface area contributed by atoms with Crippen molar-refractivity contribution in [3.63, 3.8) is 0 Å². The van der Waals surface area contributed by atoms with Crippen LogP contribution in [0.25, 0.3) is 0 Å². The maximum absolute atomic E-state index is 12.0. The first-order valence-electron chi connectivity index (χ1n) is 5.96. The zero-order chi connectivity index (χ0) is 13.9. The number of aliphatic hydroxyl groups is 1. The van der Waals surface area contributed by atoms with E-state index in [1.807, 2.05) is 0 Å². The number of nitrogens with one attached hydrogen (secondary N) is 1. The molecule has 6 heteroatoms. The predicted molar refractivity (Wildman–Crippen MR) is 73.4 cm³/mol. The second-order valence-electron chi connectivity index (χ2n) is 4.56.